The lowest BCUT2D eigenvalue weighted by Gasteiger charge is -2.29. The van der Waals surface area contributed by atoms with E-state index in [0.717, 1.165) is 0 Å². The Morgan fingerprint density at radius 1 is 1.35 bits per heavy atom. The maximum atomic E-state index is 11.4. The Hall–Kier alpha value is -1.14. The molecule has 1 N–H and O–H groups in total. The van der Waals surface area contributed by atoms with Gasteiger partial charge in [-0.3, -0.25) is 4.79 Å². The summed E-state index contributed by atoms with van der Waals surface area (Å²) in [5.74, 6) is -2.49. The second-order valence-corrected chi connectivity index (χ2v) is 5.19. The van der Waals surface area contributed by atoms with E-state index in [4.69, 9.17) is 9.84 Å². The number of carbonyl (C=O) groups is 2. The summed E-state index contributed by atoms with van der Waals surface area (Å²) in [5, 5.41) is 19.4. The Balaban J connectivity index is 4.48. The Kier molecular flexibility index (Phi) is 6.12. The topological polar surface area (TPSA) is 86.7 Å². The zero-order chi connectivity index (χ0) is 13.6. The van der Waals surface area contributed by atoms with Crippen LogP contribution in [0.2, 0.25) is 0 Å². The van der Waals surface area contributed by atoms with Crippen LogP contribution >= 0.6 is 0 Å². The maximum Gasteiger partial charge on any atom is 0.311 e. The third-order valence-electron chi connectivity index (χ3n) is 2.10. The molecule has 0 amide bonds. The number of quaternary nitrogens is 1. The molecule has 0 unspecified atom stereocenters. The fourth-order valence-electron chi connectivity index (χ4n) is 1.30. The lowest BCUT2D eigenvalue weighted by atomic mass is 10.2. The fraction of sp³-hybridized carbons (Fsp3) is 0.818. The van der Waals surface area contributed by atoms with E-state index in [2.05, 4.69) is 0 Å². The number of aliphatic hydroxyl groups excluding tert-OH is 1. The first-order chi connectivity index (χ1) is 7.65. The summed E-state index contributed by atoms with van der Waals surface area (Å²) in [5.41, 5.74) is 0. The van der Waals surface area contributed by atoms with E-state index >= 15 is 0 Å². The van der Waals surface area contributed by atoms with Crippen LogP contribution in [0, 0.1) is 5.92 Å². The average molecular weight is 247 g/mol. The summed E-state index contributed by atoms with van der Waals surface area (Å²) >= 11 is 0. The molecule has 100 valence electrons. The molecule has 2 atom stereocenters. The number of ether oxygens (including phenoxy) is 1. The first kappa shape index (κ1) is 15.9. The molecule has 6 nitrogen and oxygen atoms in total. The van der Waals surface area contributed by atoms with Gasteiger partial charge in [0.05, 0.1) is 33.7 Å². The maximum absolute atomic E-state index is 11.4. The number of hydrogen-bond donors (Lipinski definition) is 1. The van der Waals surface area contributed by atoms with E-state index in [-0.39, 0.29) is 13.0 Å². The number of carbonyl (C=O) groups excluding carboxylic acids is 2. The first-order valence-electron chi connectivity index (χ1n) is 5.47. The summed E-state index contributed by atoms with van der Waals surface area (Å²) in [6.45, 7) is 1.57. The Morgan fingerprint density at radius 2 is 1.88 bits per heavy atom. The number of likely N-dealkylation sites (N-methyl/N-ethyl adjacent to an activating group) is 1. The van der Waals surface area contributed by atoms with Crippen molar-refractivity contribution in [1.29, 1.82) is 0 Å². The molecule has 0 saturated carbocycles. The normalized spacial score (nSPS) is 15.1. The number of carboxylic acid groups (broad SMARTS) is 1. The zero-order valence-corrected chi connectivity index (χ0v) is 10.8. The van der Waals surface area contributed by atoms with Crippen molar-refractivity contribution in [3.05, 3.63) is 0 Å². The standard InChI is InChI=1S/C11H21NO5/c1-8(7-13)11(16)17-9(5-10(14)15)6-12(2,3)4/h8-9,13H,5-7H2,1-4H3/t8-,9-/m1/s1. The van der Waals surface area contributed by atoms with E-state index < -0.39 is 24.0 Å². The first-order valence-corrected chi connectivity index (χ1v) is 5.47. The van der Waals surface area contributed by atoms with Crippen molar-refractivity contribution in [3.63, 3.8) is 0 Å². The zero-order valence-electron chi connectivity index (χ0n) is 10.8. The minimum absolute atomic E-state index is 0.318. The SMILES string of the molecule is C[C@H](CO)C(=O)O[C@H](CC(=O)[O-])C[N+](C)(C)C. The molecule has 6 heteroatoms. The molecule has 0 saturated heterocycles. The van der Waals surface area contributed by atoms with Gasteiger partial charge in [0.15, 0.2) is 6.10 Å². The van der Waals surface area contributed by atoms with Crippen molar-refractivity contribution in [2.45, 2.75) is 19.4 Å². The lowest BCUT2D eigenvalue weighted by Crippen LogP contribution is -2.45. The molecule has 0 heterocycles. The summed E-state index contributed by atoms with van der Waals surface area (Å²) < 4.78 is 5.53. The van der Waals surface area contributed by atoms with Crippen LogP contribution in [0.25, 0.3) is 0 Å². The van der Waals surface area contributed by atoms with Gasteiger partial charge in [0.2, 0.25) is 0 Å². The largest absolute Gasteiger partial charge is 0.550 e. The highest BCUT2D eigenvalue weighted by molar-refractivity contribution is 5.73. The molecular weight excluding hydrogens is 226 g/mol. The van der Waals surface area contributed by atoms with Crippen molar-refractivity contribution in [3.8, 4) is 0 Å². The van der Waals surface area contributed by atoms with E-state index in [1.54, 1.807) is 0 Å². The minimum atomic E-state index is -1.26. The molecule has 0 aliphatic carbocycles. The Labute approximate surface area is 101 Å². The van der Waals surface area contributed by atoms with Gasteiger partial charge in [-0.15, -0.1) is 0 Å². The van der Waals surface area contributed by atoms with Crippen molar-refractivity contribution >= 4 is 11.9 Å². The molecule has 0 spiro atoms. The predicted octanol–water partition coefficient (Wildman–Crippen LogP) is -1.63. The molecule has 0 aliphatic heterocycles. The number of esters is 1. The summed E-state index contributed by atoms with van der Waals surface area (Å²) in [6, 6.07) is 0. The van der Waals surface area contributed by atoms with Crippen LogP contribution < -0.4 is 5.11 Å². The van der Waals surface area contributed by atoms with Crippen molar-refractivity contribution in [2.24, 2.45) is 5.92 Å². The smallest absolute Gasteiger partial charge is 0.311 e. The van der Waals surface area contributed by atoms with Crippen molar-refractivity contribution in [1.82, 2.24) is 0 Å². The van der Waals surface area contributed by atoms with Crippen molar-refractivity contribution < 1.29 is 29.0 Å². The highest BCUT2D eigenvalue weighted by atomic mass is 16.5. The molecule has 0 radical (unpaired) electrons. The Bertz CT molecular complexity index is 272. The molecule has 0 aliphatic rings. The molecule has 0 aromatic carbocycles. The van der Waals surface area contributed by atoms with Crippen LogP contribution in [0.4, 0.5) is 0 Å². The molecule has 0 aromatic rings. The quantitative estimate of drug-likeness (QED) is 0.431. The minimum Gasteiger partial charge on any atom is -0.550 e. The van der Waals surface area contributed by atoms with Gasteiger partial charge in [-0.2, -0.15) is 0 Å². The van der Waals surface area contributed by atoms with E-state index in [1.807, 2.05) is 21.1 Å². The number of hydrogen-bond acceptors (Lipinski definition) is 5. The van der Waals surface area contributed by atoms with Crippen LogP contribution in [-0.4, -0.2) is 61.9 Å². The van der Waals surface area contributed by atoms with Gasteiger partial charge in [0.25, 0.3) is 0 Å². The average Bonchev–Trinajstić information content (AvgIpc) is 2.12. The third kappa shape index (κ3) is 7.70. The number of nitrogens with zero attached hydrogens (tertiary/aromatic N) is 1. The van der Waals surface area contributed by atoms with E-state index in [0.29, 0.717) is 11.0 Å². The molecule has 0 aromatic heterocycles. The second kappa shape index (κ2) is 6.56. The molecule has 0 fully saturated rings. The fourth-order valence-corrected chi connectivity index (χ4v) is 1.30. The number of carboxylic acids is 1. The molecule has 17 heavy (non-hydrogen) atoms. The van der Waals surface area contributed by atoms with Crippen LogP contribution in [0.15, 0.2) is 0 Å². The number of aliphatic hydroxyl groups is 1. The van der Waals surface area contributed by atoms with Crippen LogP contribution in [0.5, 0.6) is 0 Å². The van der Waals surface area contributed by atoms with Crippen molar-refractivity contribution in [2.75, 3.05) is 34.3 Å². The lowest BCUT2D eigenvalue weighted by molar-refractivity contribution is -0.873. The van der Waals surface area contributed by atoms with E-state index in [1.165, 1.54) is 6.92 Å². The number of rotatable bonds is 7. The second-order valence-electron chi connectivity index (χ2n) is 5.19. The summed E-state index contributed by atoms with van der Waals surface area (Å²) in [6.07, 6.45) is -1.07. The van der Waals surface area contributed by atoms with Crippen LogP contribution in [0.1, 0.15) is 13.3 Å². The van der Waals surface area contributed by atoms with Gasteiger partial charge in [0.1, 0.15) is 6.54 Å². The van der Waals surface area contributed by atoms with Gasteiger partial charge in [0, 0.05) is 12.4 Å². The monoisotopic (exact) mass is 247 g/mol. The summed E-state index contributed by atoms with van der Waals surface area (Å²) in [4.78, 5) is 22.0. The third-order valence-corrected chi connectivity index (χ3v) is 2.10. The van der Waals surface area contributed by atoms with Crippen LogP contribution in [-0.2, 0) is 14.3 Å². The van der Waals surface area contributed by atoms with E-state index in [9.17, 15) is 14.7 Å². The van der Waals surface area contributed by atoms with Gasteiger partial charge in [-0.25, -0.2) is 0 Å². The highest BCUT2D eigenvalue weighted by Crippen LogP contribution is 2.08. The van der Waals surface area contributed by atoms with Gasteiger partial charge in [-0.05, 0) is 6.92 Å². The number of aliphatic carboxylic acids is 1. The molecule has 0 bridgehead atoms. The Morgan fingerprint density at radius 3 is 2.24 bits per heavy atom. The highest BCUT2D eigenvalue weighted by Gasteiger charge is 2.24. The predicted molar refractivity (Wildman–Crippen MR) is 58.7 cm³/mol. The van der Waals surface area contributed by atoms with Gasteiger partial charge < -0.3 is 24.2 Å². The van der Waals surface area contributed by atoms with Gasteiger partial charge in [-0.1, -0.05) is 0 Å². The van der Waals surface area contributed by atoms with Gasteiger partial charge >= 0.3 is 5.97 Å². The molecular formula is C11H21NO5. The van der Waals surface area contributed by atoms with Crippen LogP contribution in [0.3, 0.4) is 0 Å². The molecule has 0 rings (SSSR count). The summed E-state index contributed by atoms with van der Waals surface area (Å²) in [7, 11) is 5.60.